The molecule has 0 aliphatic carbocycles. The van der Waals surface area contributed by atoms with Crippen LogP contribution in [-0.4, -0.2) is 17.1 Å². The SMILES string of the molecule is Cc1[nH]c2ccccc2c1C=NNC(=O)c1ccc(COc2ccccc2-c2ccccc2)cc1. The number of aromatic nitrogens is 1. The van der Waals surface area contributed by atoms with Gasteiger partial charge < -0.3 is 9.72 Å². The number of H-pyrrole nitrogens is 1. The van der Waals surface area contributed by atoms with Crippen molar-refractivity contribution in [3.63, 3.8) is 0 Å². The predicted octanol–water partition coefficient (Wildman–Crippen LogP) is 6.49. The summed E-state index contributed by atoms with van der Waals surface area (Å²) in [5.74, 6) is 0.558. The third-order valence-corrected chi connectivity index (χ3v) is 5.89. The van der Waals surface area contributed by atoms with E-state index in [-0.39, 0.29) is 5.91 Å². The van der Waals surface area contributed by atoms with E-state index < -0.39 is 0 Å². The summed E-state index contributed by atoms with van der Waals surface area (Å²) in [7, 11) is 0. The summed E-state index contributed by atoms with van der Waals surface area (Å²) in [5, 5.41) is 5.24. The average Bonchev–Trinajstić information content (AvgIpc) is 3.23. The Labute approximate surface area is 204 Å². The lowest BCUT2D eigenvalue weighted by molar-refractivity contribution is 0.0955. The Kier molecular flexibility index (Phi) is 6.39. The van der Waals surface area contributed by atoms with E-state index in [2.05, 4.69) is 33.7 Å². The van der Waals surface area contributed by atoms with E-state index in [1.807, 2.05) is 79.7 Å². The summed E-state index contributed by atoms with van der Waals surface area (Å²) in [6.45, 7) is 2.39. The molecule has 1 amide bonds. The molecule has 1 aromatic heterocycles. The fraction of sp³-hybridized carbons (Fsp3) is 0.0667. The van der Waals surface area contributed by atoms with Crippen LogP contribution in [0.25, 0.3) is 22.0 Å². The quantitative estimate of drug-likeness (QED) is 0.216. The molecular weight excluding hydrogens is 434 g/mol. The molecule has 4 aromatic carbocycles. The number of nitrogens with zero attached hydrogens (tertiary/aromatic N) is 1. The van der Waals surface area contributed by atoms with Crippen LogP contribution < -0.4 is 10.2 Å². The lowest BCUT2D eigenvalue weighted by Crippen LogP contribution is -2.17. The van der Waals surface area contributed by atoms with Gasteiger partial charge in [0.1, 0.15) is 12.4 Å². The van der Waals surface area contributed by atoms with Crippen molar-refractivity contribution >= 4 is 23.0 Å². The number of fused-ring (bicyclic) bond motifs is 1. The number of aryl methyl sites for hydroxylation is 1. The first-order chi connectivity index (χ1) is 17.2. The highest BCUT2D eigenvalue weighted by Crippen LogP contribution is 2.30. The molecule has 0 radical (unpaired) electrons. The van der Waals surface area contributed by atoms with E-state index in [1.165, 1.54) is 0 Å². The second kappa shape index (κ2) is 10.1. The highest BCUT2D eigenvalue weighted by atomic mass is 16.5. The van der Waals surface area contributed by atoms with Crippen molar-refractivity contribution in [3.8, 4) is 16.9 Å². The maximum absolute atomic E-state index is 12.5. The fourth-order valence-electron chi connectivity index (χ4n) is 4.05. The van der Waals surface area contributed by atoms with Crippen molar-refractivity contribution in [3.05, 3.63) is 126 Å². The molecule has 0 atom stereocenters. The van der Waals surface area contributed by atoms with E-state index in [9.17, 15) is 4.79 Å². The van der Waals surface area contributed by atoms with Gasteiger partial charge in [0.05, 0.1) is 6.21 Å². The lowest BCUT2D eigenvalue weighted by atomic mass is 10.0. The van der Waals surface area contributed by atoms with Crippen LogP contribution in [-0.2, 0) is 6.61 Å². The molecule has 0 fully saturated rings. The van der Waals surface area contributed by atoms with Crippen molar-refractivity contribution in [1.29, 1.82) is 0 Å². The minimum absolute atomic E-state index is 0.263. The van der Waals surface area contributed by atoms with Gasteiger partial charge >= 0.3 is 0 Å². The maximum atomic E-state index is 12.5. The number of aromatic amines is 1. The van der Waals surface area contributed by atoms with Crippen LogP contribution in [0.15, 0.2) is 108 Å². The van der Waals surface area contributed by atoms with Crippen molar-refractivity contribution in [2.24, 2.45) is 5.10 Å². The van der Waals surface area contributed by atoms with Crippen molar-refractivity contribution in [2.75, 3.05) is 0 Å². The van der Waals surface area contributed by atoms with Gasteiger partial charge in [-0.05, 0) is 42.3 Å². The summed E-state index contributed by atoms with van der Waals surface area (Å²) in [4.78, 5) is 15.9. The van der Waals surface area contributed by atoms with Gasteiger partial charge in [-0.15, -0.1) is 0 Å². The Hall–Kier alpha value is -4.64. The van der Waals surface area contributed by atoms with E-state index in [4.69, 9.17) is 4.74 Å². The highest BCUT2D eigenvalue weighted by Gasteiger charge is 2.08. The molecular formula is C30H25N3O2. The molecule has 0 spiro atoms. The third-order valence-electron chi connectivity index (χ3n) is 5.89. The second-order valence-corrected chi connectivity index (χ2v) is 8.26. The monoisotopic (exact) mass is 459 g/mol. The van der Waals surface area contributed by atoms with Crippen LogP contribution in [0.3, 0.4) is 0 Å². The van der Waals surface area contributed by atoms with Gasteiger partial charge in [-0.2, -0.15) is 5.10 Å². The Morgan fingerprint density at radius 3 is 2.43 bits per heavy atom. The first-order valence-corrected chi connectivity index (χ1v) is 11.5. The second-order valence-electron chi connectivity index (χ2n) is 8.26. The molecule has 5 rings (SSSR count). The molecule has 5 aromatic rings. The normalized spacial score (nSPS) is 11.1. The van der Waals surface area contributed by atoms with E-state index in [0.29, 0.717) is 12.2 Å². The van der Waals surface area contributed by atoms with E-state index in [0.717, 1.165) is 44.6 Å². The number of nitrogens with one attached hydrogen (secondary N) is 2. The molecule has 1 heterocycles. The molecule has 0 saturated heterocycles. The first kappa shape index (κ1) is 22.2. The summed E-state index contributed by atoms with van der Waals surface area (Å²) in [5.41, 5.74) is 9.29. The minimum atomic E-state index is -0.263. The number of ether oxygens (including phenoxy) is 1. The molecule has 5 nitrogen and oxygen atoms in total. The molecule has 0 saturated carbocycles. The number of amides is 1. The first-order valence-electron chi connectivity index (χ1n) is 11.5. The van der Waals surface area contributed by atoms with Gasteiger partial charge in [0.25, 0.3) is 5.91 Å². The zero-order valence-electron chi connectivity index (χ0n) is 19.4. The number of carbonyl (C=O) groups excluding carboxylic acids is 1. The average molecular weight is 460 g/mol. The molecule has 0 unspecified atom stereocenters. The topological polar surface area (TPSA) is 66.5 Å². The Bertz CT molecular complexity index is 1490. The van der Waals surface area contributed by atoms with Crippen LogP contribution in [0.5, 0.6) is 5.75 Å². The molecule has 0 bridgehead atoms. The Morgan fingerprint density at radius 2 is 1.60 bits per heavy atom. The molecule has 0 aliphatic rings. The molecule has 35 heavy (non-hydrogen) atoms. The Morgan fingerprint density at radius 1 is 0.886 bits per heavy atom. The molecule has 5 heteroatoms. The lowest BCUT2D eigenvalue weighted by Gasteiger charge is -2.12. The number of para-hydroxylation sites is 2. The van der Waals surface area contributed by atoms with E-state index >= 15 is 0 Å². The number of benzene rings is 4. The fourth-order valence-corrected chi connectivity index (χ4v) is 4.05. The van der Waals surface area contributed by atoms with Gasteiger partial charge in [0, 0.05) is 33.3 Å². The minimum Gasteiger partial charge on any atom is -0.488 e. The third kappa shape index (κ3) is 4.99. The highest BCUT2D eigenvalue weighted by molar-refractivity contribution is 6.01. The largest absolute Gasteiger partial charge is 0.488 e. The van der Waals surface area contributed by atoms with Gasteiger partial charge in [-0.3, -0.25) is 4.79 Å². The number of carbonyl (C=O) groups is 1. The van der Waals surface area contributed by atoms with Crippen LogP contribution in [0.4, 0.5) is 0 Å². The summed E-state index contributed by atoms with van der Waals surface area (Å²) >= 11 is 0. The summed E-state index contributed by atoms with van der Waals surface area (Å²) in [6.07, 6.45) is 1.68. The molecule has 2 N–H and O–H groups in total. The Balaban J connectivity index is 1.21. The molecule has 172 valence electrons. The molecule has 0 aliphatic heterocycles. The van der Waals surface area contributed by atoms with Crippen LogP contribution >= 0.6 is 0 Å². The number of hydrogen-bond donors (Lipinski definition) is 2. The zero-order valence-corrected chi connectivity index (χ0v) is 19.4. The summed E-state index contributed by atoms with van der Waals surface area (Å²) < 4.78 is 6.10. The van der Waals surface area contributed by atoms with Crippen molar-refractivity contribution in [2.45, 2.75) is 13.5 Å². The van der Waals surface area contributed by atoms with Crippen LogP contribution in [0.2, 0.25) is 0 Å². The summed E-state index contributed by atoms with van der Waals surface area (Å²) in [6, 6.07) is 33.5. The van der Waals surface area contributed by atoms with Crippen LogP contribution in [0.1, 0.15) is 27.2 Å². The van der Waals surface area contributed by atoms with Crippen molar-refractivity contribution < 1.29 is 9.53 Å². The van der Waals surface area contributed by atoms with Crippen molar-refractivity contribution in [1.82, 2.24) is 10.4 Å². The van der Waals surface area contributed by atoms with Gasteiger partial charge in [-0.1, -0.05) is 78.9 Å². The van der Waals surface area contributed by atoms with E-state index in [1.54, 1.807) is 18.3 Å². The smallest absolute Gasteiger partial charge is 0.271 e. The standard InChI is InChI=1S/C30H25N3O2/c1-21-27(26-12-5-7-13-28(26)32-21)19-31-33-30(34)24-17-15-22(16-18-24)20-35-29-14-8-6-11-25(29)23-9-3-2-4-10-23/h2-19,32H,20H2,1H3,(H,33,34). The number of rotatable bonds is 7. The maximum Gasteiger partial charge on any atom is 0.271 e. The van der Waals surface area contributed by atoms with Gasteiger partial charge in [-0.25, -0.2) is 5.43 Å². The predicted molar refractivity (Wildman–Crippen MR) is 141 cm³/mol. The number of hydrazone groups is 1. The van der Waals surface area contributed by atoms with Crippen LogP contribution in [0, 0.1) is 6.92 Å². The van der Waals surface area contributed by atoms with Gasteiger partial charge in [0.2, 0.25) is 0 Å². The van der Waals surface area contributed by atoms with Gasteiger partial charge in [0.15, 0.2) is 0 Å². The zero-order chi connectivity index (χ0) is 24.0. The number of hydrogen-bond acceptors (Lipinski definition) is 3.